The van der Waals surface area contributed by atoms with Crippen LogP contribution in [0.3, 0.4) is 0 Å². The second kappa shape index (κ2) is 14.3. The lowest BCUT2D eigenvalue weighted by molar-refractivity contribution is 1.07. The van der Waals surface area contributed by atoms with Gasteiger partial charge in [0.1, 0.15) is 12.1 Å². The molecule has 6 heteroatoms. The lowest BCUT2D eigenvalue weighted by Gasteiger charge is -2.25. The van der Waals surface area contributed by atoms with Crippen LogP contribution in [0.4, 0.5) is 11.4 Å². The quantitative estimate of drug-likeness (QED) is 0.151. The Morgan fingerprint density at radius 1 is 0.557 bits per heavy atom. The first kappa shape index (κ1) is 36.0. The summed E-state index contributed by atoms with van der Waals surface area (Å²) < 4.78 is 6.68. The van der Waals surface area contributed by atoms with Crippen molar-refractivity contribution < 1.29 is 0 Å². The van der Waals surface area contributed by atoms with E-state index in [0.717, 1.165) is 76.5 Å². The van der Waals surface area contributed by atoms with E-state index < -0.39 is 0 Å². The van der Waals surface area contributed by atoms with Gasteiger partial charge in [0.25, 0.3) is 0 Å². The topological polar surface area (TPSA) is 60.7 Å². The molecule has 11 rings (SSSR count). The first-order valence-electron chi connectivity index (χ1n) is 20.2. The SMILES string of the molecule is C=C(/C=C\c1c(C)c2cc3c(cc2n1-c1cc(C#N)c(-n2c4ccccc4c4c5ccccc5ccc42)cc1C#N)sc1ccccc13)N(c1ccccc1)c1ccccc1. The summed E-state index contributed by atoms with van der Waals surface area (Å²) in [6.45, 7) is 6.72. The minimum atomic E-state index is 0.456. The van der Waals surface area contributed by atoms with E-state index in [4.69, 9.17) is 0 Å². The molecule has 61 heavy (non-hydrogen) atoms. The van der Waals surface area contributed by atoms with Gasteiger partial charge >= 0.3 is 0 Å². The highest BCUT2D eigenvalue weighted by Gasteiger charge is 2.23. The molecule has 0 aliphatic carbocycles. The van der Waals surface area contributed by atoms with Gasteiger partial charge < -0.3 is 14.0 Å². The van der Waals surface area contributed by atoms with Crippen LogP contribution in [0.2, 0.25) is 0 Å². The minimum absolute atomic E-state index is 0.456. The van der Waals surface area contributed by atoms with Gasteiger partial charge in [0.15, 0.2) is 0 Å². The van der Waals surface area contributed by atoms with Gasteiger partial charge in [-0.2, -0.15) is 10.5 Å². The van der Waals surface area contributed by atoms with Gasteiger partial charge in [-0.1, -0.05) is 110 Å². The van der Waals surface area contributed by atoms with Crippen LogP contribution < -0.4 is 4.90 Å². The summed E-state index contributed by atoms with van der Waals surface area (Å²) in [7, 11) is 0. The highest BCUT2D eigenvalue weighted by Crippen LogP contribution is 2.43. The van der Waals surface area contributed by atoms with Gasteiger partial charge in [-0.15, -0.1) is 11.3 Å². The molecule has 0 spiro atoms. The lowest BCUT2D eigenvalue weighted by atomic mass is 10.0. The zero-order valence-electron chi connectivity index (χ0n) is 33.2. The summed E-state index contributed by atoms with van der Waals surface area (Å²) in [6, 6.07) is 63.4. The Kier molecular flexibility index (Phi) is 8.42. The van der Waals surface area contributed by atoms with Gasteiger partial charge in [-0.05, 0) is 102 Å². The number of rotatable bonds is 7. The van der Waals surface area contributed by atoms with Gasteiger partial charge in [-0.25, -0.2) is 0 Å². The van der Waals surface area contributed by atoms with Crippen molar-refractivity contribution in [2.45, 2.75) is 6.92 Å². The third-order valence-electron chi connectivity index (χ3n) is 11.9. The van der Waals surface area contributed by atoms with Crippen LogP contribution >= 0.6 is 11.3 Å². The zero-order chi connectivity index (χ0) is 41.2. The van der Waals surface area contributed by atoms with Crippen LogP contribution in [0, 0.1) is 29.6 Å². The zero-order valence-corrected chi connectivity index (χ0v) is 34.0. The summed E-state index contributed by atoms with van der Waals surface area (Å²) in [5.41, 5.74) is 9.85. The third-order valence-corrected chi connectivity index (χ3v) is 13.0. The van der Waals surface area contributed by atoms with Crippen molar-refractivity contribution in [3.05, 3.63) is 211 Å². The molecule has 0 bridgehead atoms. The molecule has 0 saturated heterocycles. The van der Waals surface area contributed by atoms with Crippen LogP contribution in [-0.4, -0.2) is 9.13 Å². The fraction of sp³-hybridized carbons (Fsp3) is 0.0182. The third kappa shape index (κ3) is 5.66. The van der Waals surface area contributed by atoms with Crippen LogP contribution in [0.25, 0.3) is 81.1 Å². The van der Waals surface area contributed by atoms with E-state index in [1.165, 1.54) is 15.5 Å². The van der Waals surface area contributed by atoms with E-state index in [-0.39, 0.29) is 0 Å². The van der Waals surface area contributed by atoms with Crippen molar-refractivity contribution in [2.75, 3.05) is 4.90 Å². The van der Waals surface area contributed by atoms with Crippen LogP contribution in [-0.2, 0) is 0 Å². The van der Waals surface area contributed by atoms with Gasteiger partial charge in [0.05, 0.1) is 39.1 Å². The van der Waals surface area contributed by atoms with E-state index in [2.05, 4.69) is 161 Å². The molecule has 0 fully saturated rings. The summed E-state index contributed by atoms with van der Waals surface area (Å²) in [4.78, 5) is 2.14. The van der Waals surface area contributed by atoms with E-state index >= 15 is 0 Å². The second-order valence-corrected chi connectivity index (χ2v) is 16.4. The number of para-hydroxylation sites is 3. The number of nitriles is 2. The molecular weight excluding hydrogens is 763 g/mol. The summed E-state index contributed by atoms with van der Waals surface area (Å²) in [5.74, 6) is 0. The molecule has 11 aromatic rings. The molecule has 0 saturated carbocycles. The summed E-state index contributed by atoms with van der Waals surface area (Å²) >= 11 is 1.76. The van der Waals surface area contributed by atoms with Crippen molar-refractivity contribution >= 4 is 92.4 Å². The second-order valence-electron chi connectivity index (χ2n) is 15.3. The Hall–Kier alpha value is -8.16. The van der Waals surface area contributed by atoms with Crippen molar-refractivity contribution in [3.63, 3.8) is 0 Å². The molecule has 0 atom stereocenters. The molecule has 0 amide bonds. The number of nitrogens with zero attached hydrogens (tertiary/aromatic N) is 5. The number of aromatic nitrogens is 2. The van der Waals surface area contributed by atoms with Crippen molar-refractivity contribution in [1.29, 1.82) is 10.5 Å². The molecule has 3 aromatic heterocycles. The standard InChI is InChI=1S/C55H35N5S/c1-35(58(40-16-5-3-6-17-40)41-18-7-4-8-19-41)25-27-47-36(2)45-31-46-43-21-12-14-24-53(43)61-54(46)32-52(45)59(47)50-29-39(34-57)51(30-38(50)33-56)60-48-23-13-11-22-44(48)55-42-20-10-9-15-37(42)26-28-49(55)60/h3-32H,1H2,2H3/b27-25-. The lowest BCUT2D eigenvalue weighted by Crippen LogP contribution is -2.14. The Balaban J connectivity index is 1.16. The Morgan fingerprint density at radius 3 is 1.87 bits per heavy atom. The van der Waals surface area contributed by atoms with E-state index in [1.54, 1.807) is 11.3 Å². The number of hydrogen-bond acceptors (Lipinski definition) is 4. The Labute approximate surface area is 356 Å². The Morgan fingerprint density at radius 2 is 1.16 bits per heavy atom. The maximum Gasteiger partial charge on any atom is 0.101 e. The molecule has 5 nitrogen and oxygen atoms in total. The first-order chi connectivity index (χ1) is 30.0. The molecule has 8 aromatic carbocycles. The Bertz CT molecular complexity index is 3660. The number of benzene rings is 8. The van der Waals surface area contributed by atoms with Crippen molar-refractivity contribution in [1.82, 2.24) is 9.13 Å². The number of fused-ring (bicyclic) bond motifs is 9. The van der Waals surface area contributed by atoms with E-state index in [0.29, 0.717) is 22.5 Å². The highest BCUT2D eigenvalue weighted by molar-refractivity contribution is 7.25. The molecule has 0 unspecified atom stereocenters. The van der Waals surface area contributed by atoms with Crippen LogP contribution in [0.5, 0.6) is 0 Å². The molecule has 286 valence electrons. The normalized spacial score (nSPS) is 11.7. The smallest absolute Gasteiger partial charge is 0.101 e. The molecule has 3 heterocycles. The highest BCUT2D eigenvalue weighted by atomic mass is 32.1. The number of hydrogen-bond donors (Lipinski definition) is 0. The minimum Gasteiger partial charge on any atom is -0.311 e. The average Bonchev–Trinajstić information content (AvgIpc) is 3.94. The summed E-state index contributed by atoms with van der Waals surface area (Å²) in [5, 5.41) is 30.2. The maximum absolute atomic E-state index is 11.1. The van der Waals surface area contributed by atoms with E-state index in [1.807, 2.05) is 60.7 Å². The molecule has 0 aliphatic rings. The van der Waals surface area contributed by atoms with E-state index in [9.17, 15) is 10.5 Å². The van der Waals surface area contributed by atoms with Gasteiger partial charge in [0, 0.05) is 59.1 Å². The summed E-state index contributed by atoms with van der Waals surface area (Å²) in [6.07, 6.45) is 4.14. The first-order valence-corrected chi connectivity index (χ1v) is 21.0. The van der Waals surface area contributed by atoms with Gasteiger partial charge in [0.2, 0.25) is 0 Å². The number of anilines is 2. The number of aryl methyl sites for hydroxylation is 1. The predicted octanol–water partition coefficient (Wildman–Crippen LogP) is 14.7. The average molecular weight is 798 g/mol. The van der Waals surface area contributed by atoms with Crippen molar-refractivity contribution in [3.8, 4) is 23.5 Å². The molecular formula is C55H35N5S. The number of allylic oxidation sites excluding steroid dienone is 1. The fourth-order valence-corrected chi connectivity index (χ4v) is 10.3. The number of thiophene rings is 1. The molecule has 0 radical (unpaired) electrons. The predicted molar refractivity (Wildman–Crippen MR) is 255 cm³/mol. The fourth-order valence-electron chi connectivity index (χ4n) is 9.15. The van der Waals surface area contributed by atoms with Crippen molar-refractivity contribution in [2.24, 2.45) is 0 Å². The largest absolute Gasteiger partial charge is 0.311 e. The molecule has 0 aliphatic heterocycles. The van der Waals surface area contributed by atoms with Gasteiger partial charge in [-0.3, -0.25) is 0 Å². The monoisotopic (exact) mass is 797 g/mol. The van der Waals surface area contributed by atoms with Crippen LogP contribution in [0.15, 0.2) is 188 Å². The molecule has 0 N–H and O–H groups in total. The van der Waals surface area contributed by atoms with Crippen LogP contribution in [0.1, 0.15) is 22.4 Å². The maximum atomic E-state index is 11.1.